The average Bonchev–Trinajstić information content (AvgIpc) is 2.68. The summed E-state index contributed by atoms with van der Waals surface area (Å²) in [5.74, 6) is 1.51. The average molecular weight is 399 g/mol. The molecule has 2 heterocycles. The second-order valence-electron chi connectivity index (χ2n) is 8.08. The molecule has 2 aromatic carbocycles. The first-order valence-corrected chi connectivity index (χ1v) is 11.0. The molecule has 1 saturated heterocycles. The van der Waals surface area contributed by atoms with Crippen LogP contribution in [0, 0.1) is 5.92 Å². The van der Waals surface area contributed by atoms with Gasteiger partial charge in [-0.1, -0.05) is 49.9 Å². The summed E-state index contributed by atoms with van der Waals surface area (Å²) in [7, 11) is 1.81. The summed E-state index contributed by atoms with van der Waals surface area (Å²) < 4.78 is 7.64. The van der Waals surface area contributed by atoms with Crippen molar-refractivity contribution in [2.75, 3.05) is 32.0 Å². The number of nitrogens with zero attached hydrogens (tertiary/aromatic N) is 2. The van der Waals surface area contributed by atoms with Gasteiger partial charge in [0.05, 0.1) is 24.1 Å². The second-order valence-corrected chi connectivity index (χ2v) is 9.07. The maximum atomic E-state index is 12.9. The fourth-order valence-corrected chi connectivity index (χ4v) is 4.95. The van der Waals surface area contributed by atoms with Gasteiger partial charge in [-0.3, -0.25) is 9.36 Å². The Morgan fingerprint density at radius 3 is 2.79 bits per heavy atom. The van der Waals surface area contributed by atoms with Gasteiger partial charge in [0, 0.05) is 18.7 Å². The number of morpholine rings is 1. The third-order valence-corrected chi connectivity index (χ3v) is 6.48. The highest BCUT2D eigenvalue weighted by Gasteiger charge is 2.25. The quantitative estimate of drug-likeness (QED) is 0.406. The number of aromatic nitrogens is 2. The van der Waals surface area contributed by atoms with Crippen LogP contribution in [0.15, 0.2) is 46.3 Å². The monoisotopic (exact) mass is 398 g/mol. The Labute approximate surface area is 169 Å². The Morgan fingerprint density at radius 2 is 2.04 bits per heavy atom. The van der Waals surface area contributed by atoms with Crippen LogP contribution in [0.2, 0.25) is 0 Å². The first-order valence-electron chi connectivity index (χ1n) is 9.99. The van der Waals surface area contributed by atoms with Crippen molar-refractivity contribution in [2.45, 2.75) is 25.1 Å². The fourth-order valence-electron chi connectivity index (χ4n) is 3.96. The van der Waals surface area contributed by atoms with E-state index in [-0.39, 0.29) is 11.7 Å². The minimum Gasteiger partial charge on any atom is -0.366 e. The molecule has 5 nitrogen and oxygen atoms in total. The topological polar surface area (TPSA) is 48.6 Å². The largest absolute Gasteiger partial charge is 0.366 e. The van der Waals surface area contributed by atoms with Crippen molar-refractivity contribution in [3.63, 3.8) is 0 Å². The normalized spacial score (nSPS) is 20.3. The molecule has 0 aliphatic carbocycles. The van der Waals surface area contributed by atoms with Gasteiger partial charge in [-0.25, -0.2) is 4.98 Å². The highest BCUT2D eigenvalue weighted by Crippen LogP contribution is 2.23. The number of rotatable bonds is 5. The molecule has 2 atom stereocenters. The first kappa shape index (κ1) is 19.4. The molecule has 1 N–H and O–H groups in total. The summed E-state index contributed by atoms with van der Waals surface area (Å²) in [6.07, 6.45) is 0.205. The fraction of sp³-hybridized carbons (Fsp3) is 0.455. The molecule has 0 radical (unpaired) electrons. The minimum absolute atomic E-state index is 0.00914. The number of benzene rings is 2. The van der Waals surface area contributed by atoms with Crippen molar-refractivity contribution in [1.82, 2.24) is 9.55 Å². The Hall–Kier alpha value is -1.89. The summed E-state index contributed by atoms with van der Waals surface area (Å²) in [5, 5.41) is 3.60. The van der Waals surface area contributed by atoms with E-state index in [1.807, 2.05) is 37.4 Å². The van der Waals surface area contributed by atoms with Gasteiger partial charge in [-0.15, -0.1) is 0 Å². The number of fused-ring (bicyclic) bond motifs is 2. The zero-order valence-electron chi connectivity index (χ0n) is 16.8. The molecule has 4 rings (SSSR count). The van der Waals surface area contributed by atoms with Crippen molar-refractivity contribution in [2.24, 2.45) is 13.0 Å². The van der Waals surface area contributed by atoms with Gasteiger partial charge < -0.3 is 9.64 Å². The van der Waals surface area contributed by atoms with Gasteiger partial charge in [-0.05, 0) is 22.9 Å². The Bertz CT molecular complexity index is 1050. The molecule has 28 heavy (non-hydrogen) atoms. The van der Waals surface area contributed by atoms with E-state index in [2.05, 4.69) is 19.9 Å². The standard InChI is InChI=1S/C22H27N3O2S/c1-15(2)12-25-8-9-27-18(13-25)14-28-22-23-20-11-17-7-5-4-6-16(17)10-19(20)21(26)24(22)3/h4-7,10-11,15,18H,8-9,12-14H2,1-3H3/p+1/t18-/m1/s1. The van der Waals surface area contributed by atoms with E-state index in [0.29, 0.717) is 11.3 Å². The first-order chi connectivity index (χ1) is 13.5. The third-order valence-electron chi connectivity index (χ3n) is 5.32. The zero-order valence-corrected chi connectivity index (χ0v) is 17.6. The maximum Gasteiger partial charge on any atom is 0.261 e. The molecule has 1 unspecified atom stereocenters. The van der Waals surface area contributed by atoms with Gasteiger partial charge in [0.1, 0.15) is 19.2 Å². The van der Waals surface area contributed by atoms with Crippen LogP contribution >= 0.6 is 11.8 Å². The molecule has 148 valence electrons. The number of hydrogen-bond acceptors (Lipinski definition) is 4. The Balaban J connectivity index is 1.56. The summed E-state index contributed by atoms with van der Waals surface area (Å²) in [4.78, 5) is 19.3. The van der Waals surface area contributed by atoms with Crippen molar-refractivity contribution in [1.29, 1.82) is 0 Å². The second kappa shape index (κ2) is 8.23. The smallest absolute Gasteiger partial charge is 0.261 e. The predicted octanol–water partition coefficient (Wildman–Crippen LogP) is 2.12. The van der Waals surface area contributed by atoms with E-state index in [9.17, 15) is 4.79 Å². The van der Waals surface area contributed by atoms with E-state index >= 15 is 0 Å². The summed E-state index contributed by atoms with van der Waals surface area (Å²) in [5.41, 5.74) is 0.774. The summed E-state index contributed by atoms with van der Waals surface area (Å²) in [6.45, 7) is 8.64. The number of hydrogen-bond donors (Lipinski definition) is 1. The minimum atomic E-state index is 0.00914. The van der Waals surface area contributed by atoms with Gasteiger partial charge in [0.15, 0.2) is 5.16 Å². The number of thioether (sulfide) groups is 1. The van der Waals surface area contributed by atoms with Crippen molar-refractivity contribution >= 4 is 33.4 Å². The SMILES string of the molecule is CC(C)C[NH+]1CCO[C@@H](CSc2nc3cc4ccccc4cc3c(=O)n2C)C1. The molecular weight excluding hydrogens is 370 g/mol. The van der Waals surface area contributed by atoms with Crippen molar-refractivity contribution in [3.05, 3.63) is 46.8 Å². The highest BCUT2D eigenvalue weighted by atomic mass is 32.2. The van der Waals surface area contributed by atoms with E-state index in [4.69, 9.17) is 9.72 Å². The molecule has 3 aromatic rings. The Kier molecular flexibility index (Phi) is 5.71. The molecule has 1 aromatic heterocycles. The highest BCUT2D eigenvalue weighted by molar-refractivity contribution is 7.99. The molecule has 6 heteroatoms. The van der Waals surface area contributed by atoms with E-state index < -0.39 is 0 Å². The van der Waals surface area contributed by atoms with Crippen LogP contribution in [0.25, 0.3) is 21.7 Å². The van der Waals surface area contributed by atoms with Crippen molar-refractivity contribution < 1.29 is 9.64 Å². The van der Waals surface area contributed by atoms with E-state index in [0.717, 1.165) is 46.9 Å². The van der Waals surface area contributed by atoms with Gasteiger partial charge in [0.25, 0.3) is 5.56 Å². The van der Waals surface area contributed by atoms with Gasteiger partial charge in [-0.2, -0.15) is 0 Å². The maximum absolute atomic E-state index is 12.9. The molecule has 1 fully saturated rings. The predicted molar refractivity (Wildman–Crippen MR) is 115 cm³/mol. The lowest BCUT2D eigenvalue weighted by Gasteiger charge is -2.31. The number of nitrogens with one attached hydrogen (secondary N) is 1. The van der Waals surface area contributed by atoms with Crippen LogP contribution < -0.4 is 10.5 Å². The zero-order chi connectivity index (χ0) is 19.7. The number of quaternary nitrogens is 1. The molecule has 0 spiro atoms. The molecule has 1 aliphatic rings. The van der Waals surface area contributed by atoms with Crippen molar-refractivity contribution in [3.8, 4) is 0 Å². The van der Waals surface area contributed by atoms with Crippen LogP contribution in [-0.4, -0.2) is 47.6 Å². The lowest BCUT2D eigenvalue weighted by molar-refractivity contribution is -0.914. The number of ether oxygens (including phenoxy) is 1. The lowest BCUT2D eigenvalue weighted by Crippen LogP contribution is -3.15. The third kappa shape index (κ3) is 4.09. The summed E-state index contributed by atoms with van der Waals surface area (Å²) >= 11 is 1.62. The van der Waals surface area contributed by atoms with E-state index in [1.165, 1.54) is 6.54 Å². The van der Waals surface area contributed by atoms with Crippen LogP contribution in [0.3, 0.4) is 0 Å². The molecule has 0 amide bonds. The van der Waals surface area contributed by atoms with Crippen LogP contribution in [0.4, 0.5) is 0 Å². The summed E-state index contributed by atoms with van der Waals surface area (Å²) in [6, 6.07) is 12.1. The van der Waals surface area contributed by atoms with Gasteiger partial charge in [0.2, 0.25) is 0 Å². The molecule has 0 saturated carbocycles. The van der Waals surface area contributed by atoms with Gasteiger partial charge >= 0.3 is 0 Å². The molecule has 1 aliphatic heterocycles. The van der Waals surface area contributed by atoms with E-state index in [1.54, 1.807) is 21.2 Å². The molecular formula is C22H28N3O2S+. The van der Waals surface area contributed by atoms with Crippen LogP contribution in [0.1, 0.15) is 13.8 Å². The molecule has 0 bridgehead atoms. The Morgan fingerprint density at radius 1 is 1.29 bits per heavy atom. The lowest BCUT2D eigenvalue weighted by atomic mass is 10.1. The van der Waals surface area contributed by atoms with Crippen LogP contribution in [-0.2, 0) is 11.8 Å². The van der Waals surface area contributed by atoms with Crippen LogP contribution in [0.5, 0.6) is 0 Å².